The number of ether oxygens (including phenoxy) is 2. The predicted octanol–water partition coefficient (Wildman–Crippen LogP) is 7.63. The molecule has 0 bridgehead atoms. The van der Waals surface area contributed by atoms with Crippen molar-refractivity contribution in [1.82, 2.24) is 4.98 Å². The number of pyridine rings is 1. The van der Waals surface area contributed by atoms with Gasteiger partial charge >= 0.3 is 11.9 Å². The van der Waals surface area contributed by atoms with Crippen molar-refractivity contribution in [1.29, 1.82) is 0 Å². The van der Waals surface area contributed by atoms with Crippen LogP contribution in [0, 0.1) is 0 Å². The van der Waals surface area contributed by atoms with E-state index in [9.17, 15) is 9.59 Å². The number of carbonyl (C=O) groups excluding carboxylic acids is 2. The number of allylic oxidation sites excluding steroid dienone is 1. The van der Waals surface area contributed by atoms with Crippen LogP contribution in [0.2, 0.25) is 0 Å². The van der Waals surface area contributed by atoms with E-state index in [2.05, 4.69) is 30.1 Å². The van der Waals surface area contributed by atoms with Crippen LogP contribution in [-0.4, -0.2) is 23.0 Å². The number of aromatic nitrogens is 1. The smallest absolute Gasteiger partial charge is 0.315 e. The van der Waals surface area contributed by atoms with Crippen molar-refractivity contribution < 1.29 is 19.1 Å². The summed E-state index contributed by atoms with van der Waals surface area (Å²) in [7, 11) is 0. The van der Waals surface area contributed by atoms with Crippen molar-refractivity contribution in [2.75, 3.05) is 0 Å². The molecule has 5 nitrogen and oxygen atoms in total. The van der Waals surface area contributed by atoms with Crippen LogP contribution in [0.25, 0.3) is 11.3 Å². The Balaban J connectivity index is 1.72. The monoisotopic (exact) mass is 479 g/mol. The van der Waals surface area contributed by atoms with E-state index in [0.29, 0.717) is 12.2 Å². The van der Waals surface area contributed by atoms with E-state index in [1.165, 1.54) is 44.1 Å². The Labute approximate surface area is 211 Å². The Hall–Kier alpha value is -2.95. The maximum absolute atomic E-state index is 12.1. The van der Waals surface area contributed by atoms with Gasteiger partial charge in [-0.25, -0.2) is 0 Å². The second-order valence-corrected chi connectivity index (χ2v) is 8.97. The quantitative estimate of drug-likeness (QED) is 0.141. The molecule has 2 aromatic rings. The van der Waals surface area contributed by atoms with E-state index in [1.54, 1.807) is 19.2 Å². The highest BCUT2D eigenvalue weighted by atomic mass is 16.5. The average Bonchev–Trinajstić information content (AvgIpc) is 2.87. The molecule has 2 rings (SSSR count). The lowest BCUT2D eigenvalue weighted by atomic mass is 10.0. The SMILES string of the molecule is CCCCCCCC/C=C\CC(=O)Oc1ccc(-c2ccc(CCC(C)OC(=O)CC)cc2)nc1. The van der Waals surface area contributed by atoms with Gasteiger partial charge in [0, 0.05) is 12.0 Å². The van der Waals surface area contributed by atoms with Gasteiger partial charge in [-0.05, 0) is 50.3 Å². The third-order valence-electron chi connectivity index (χ3n) is 5.85. The molecule has 0 saturated carbocycles. The van der Waals surface area contributed by atoms with Crippen LogP contribution < -0.4 is 4.74 Å². The summed E-state index contributed by atoms with van der Waals surface area (Å²) in [5.41, 5.74) is 3.00. The lowest BCUT2D eigenvalue weighted by molar-refractivity contribution is -0.148. The summed E-state index contributed by atoms with van der Waals surface area (Å²) in [6.07, 6.45) is 16.4. The molecule has 0 N–H and O–H groups in total. The summed E-state index contributed by atoms with van der Waals surface area (Å²) in [5.74, 6) is 0.0188. The van der Waals surface area contributed by atoms with Gasteiger partial charge in [0.1, 0.15) is 5.75 Å². The molecule has 0 radical (unpaired) electrons. The summed E-state index contributed by atoms with van der Waals surface area (Å²) in [4.78, 5) is 27.9. The standard InChI is InChI=1S/C30H41NO4/c1-4-6-7-8-9-10-11-12-13-14-30(33)35-27-21-22-28(31-23-27)26-19-17-25(18-20-26)16-15-24(3)34-29(32)5-2/h12-13,17-24H,4-11,14-16H2,1-3H3/b13-12-. The summed E-state index contributed by atoms with van der Waals surface area (Å²) >= 11 is 0. The molecular weight excluding hydrogens is 438 g/mol. The van der Waals surface area contributed by atoms with Gasteiger partial charge in [0.05, 0.1) is 24.4 Å². The molecule has 0 aliphatic carbocycles. The maximum Gasteiger partial charge on any atom is 0.315 e. The first-order valence-corrected chi connectivity index (χ1v) is 13.1. The van der Waals surface area contributed by atoms with Crippen molar-refractivity contribution in [3.05, 3.63) is 60.3 Å². The first-order valence-electron chi connectivity index (χ1n) is 13.1. The first kappa shape index (κ1) is 28.3. The molecule has 0 saturated heterocycles. The second-order valence-electron chi connectivity index (χ2n) is 8.97. The molecule has 1 aromatic heterocycles. The van der Waals surface area contributed by atoms with Crippen LogP contribution in [0.1, 0.15) is 90.5 Å². The third-order valence-corrected chi connectivity index (χ3v) is 5.85. The minimum absolute atomic E-state index is 0.0881. The highest BCUT2D eigenvalue weighted by molar-refractivity contribution is 5.74. The van der Waals surface area contributed by atoms with Crippen LogP contribution in [0.15, 0.2) is 54.7 Å². The van der Waals surface area contributed by atoms with E-state index in [0.717, 1.165) is 30.5 Å². The van der Waals surface area contributed by atoms with Gasteiger partial charge in [-0.15, -0.1) is 0 Å². The molecule has 0 spiro atoms. The van der Waals surface area contributed by atoms with Crippen LogP contribution in [-0.2, 0) is 20.7 Å². The van der Waals surface area contributed by atoms with Crippen molar-refractivity contribution in [3.63, 3.8) is 0 Å². The van der Waals surface area contributed by atoms with E-state index in [4.69, 9.17) is 9.47 Å². The predicted molar refractivity (Wildman–Crippen MR) is 141 cm³/mol. The van der Waals surface area contributed by atoms with Crippen molar-refractivity contribution in [2.45, 2.75) is 97.5 Å². The number of esters is 2. The zero-order valence-electron chi connectivity index (χ0n) is 21.6. The van der Waals surface area contributed by atoms with Crippen molar-refractivity contribution in [3.8, 4) is 17.0 Å². The van der Waals surface area contributed by atoms with Gasteiger partial charge in [0.25, 0.3) is 0 Å². The molecule has 5 heteroatoms. The molecule has 0 aliphatic rings. The summed E-state index contributed by atoms with van der Waals surface area (Å²) in [5, 5.41) is 0. The lowest BCUT2D eigenvalue weighted by Gasteiger charge is -2.12. The molecule has 1 aromatic carbocycles. The summed E-state index contributed by atoms with van der Waals surface area (Å²) in [6, 6.07) is 11.8. The summed E-state index contributed by atoms with van der Waals surface area (Å²) < 4.78 is 10.7. The zero-order chi connectivity index (χ0) is 25.3. The fourth-order valence-corrected chi connectivity index (χ4v) is 3.70. The molecule has 0 aliphatic heterocycles. The topological polar surface area (TPSA) is 65.5 Å². The highest BCUT2D eigenvalue weighted by Crippen LogP contribution is 2.21. The van der Waals surface area contributed by atoms with Gasteiger partial charge in [0.2, 0.25) is 0 Å². The minimum atomic E-state index is -0.276. The average molecular weight is 480 g/mol. The molecule has 1 heterocycles. The number of benzene rings is 1. The Bertz CT molecular complexity index is 903. The van der Waals surface area contributed by atoms with Crippen LogP contribution >= 0.6 is 0 Å². The largest absolute Gasteiger partial charge is 0.463 e. The van der Waals surface area contributed by atoms with Crippen LogP contribution in [0.3, 0.4) is 0 Å². The number of hydrogen-bond donors (Lipinski definition) is 0. The first-order chi connectivity index (χ1) is 17.0. The lowest BCUT2D eigenvalue weighted by Crippen LogP contribution is -2.14. The number of carbonyl (C=O) groups is 2. The molecule has 1 unspecified atom stereocenters. The molecule has 1 atom stereocenters. The summed E-state index contributed by atoms with van der Waals surface area (Å²) in [6.45, 7) is 5.95. The van der Waals surface area contributed by atoms with E-state index >= 15 is 0 Å². The van der Waals surface area contributed by atoms with Gasteiger partial charge in [-0.1, -0.05) is 82.4 Å². The van der Waals surface area contributed by atoms with Gasteiger partial charge in [-0.2, -0.15) is 0 Å². The third kappa shape index (κ3) is 11.8. The normalized spacial score (nSPS) is 12.0. The number of rotatable bonds is 16. The molecule has 35 heavy (non-hydrogen) atoms. The van der Waals surface area contributed by atoms with Crippen molar-refractivity contribution in [2.24, 2.45) is 0 Å². The van der Waals surface area contributed by atoms with Gasteiger partial charge < -0.3 is 9.47 Å². The second kappa shape index (κ2) is 16.6. The highest BCUT2D eigenvalue weighted by Gasteiger charge is 2.09. The Kier molecular flexibility index (Phi) is 13.4. The Morgan fingerprint density at radius 3 is 2.34 bits per heavy atom. The van der Waals surface area contributed by atoms with Crippen LogP contribution in [0.5, 0.6) is 5.75 Å². The molecular formula is C30H41NO4. The number of unbranched alkanes of at least 4 members (excludes halogenated alkanes) is 6. The Morgan fingerprint density at radius 2 is 1.66 bits per heavy atom. The minimum Gasteiger partial charge on any atom is -0.463 e. The fraction of sp³-hybridized carbons (Fsp3) is 0.500. The molecule has 0 fully saturated rings. The van der Waals surface area contributed by atoms with Gasteiger partial charge in [-0.3, -0.25) is 14.6 Å². The van der Waals surface area contributed by atoms with E-state index < -0.39 is 0 Å². The molecule has 0 amide bonds. The number of aryl methyl sites for hydroxylation is 1. The van der Waals surface area contributed by atoms with Crippen molar-refractivity contribution >= 4 is 11.9 Å². The molecule has 190 valence electrons. The Morgan fingerprint density at radius 1 is 0.914 bits per heavy atom. The van der Waals surface area contributed by atoms with E-state index in [1.807, 2.05) is 31.2 Å². The fourth-order valence-electron chi connectivity index (χ4n) is 3.70. The number of hydrogen-bond acceptors (Lipinski definition) is 5. The maximum atomic E-state index is 12.1. The van der Waals surface area contributed by atoms with Crippen LogP contribution in [0.4, 0.5) is 0 Å². The zero-order valence-corrected chi connectivity index (χ0v) is 21.6. The number of nitrogens with zero attached hydrogens (tertiary/aromatic N) is 1. The van der Waals surface area contributed by atoms with E-state index in [-0.39, 0.29) is 24.5 Å². The van der Waals surface area contributed by atoms with Gasteiger partial charge in [0.15, 0.2) is 0 Å².